The van der Waals surface area contributed by atoms with E-state index in [0.717, 1.165) is 24.1 Å². The summed E-state index contributed by atoms with van der Waals surface area (Å²) >= 11 is 1.53. The highest BCUT2D eigenvalue weighted by Crippen LogP contribution is 2.37. The van der Waals surface area contributed by atoms with Crippen molar-refractivity contribution in [3.8, 4) is 17.0 Å². The van der Waals surface area contributed by atoms with Gasteiger partial charge in [-0.15, -0.1) is 11.3 Å². The summed E-state index contributed by atoms with van der Waals surface area (Å²) in [5, 5.41) is 7.82. The van der Waals surface area contributed by atoms with E-state index in [1.807, 2.05) is 24.0 Å². The van der Waals surface area contributed by atoms with Crippen molar-refractivity contribution in [1.82, 2.24) is 14.8 Å². The number of hydrogen-bond acceptors (Lipinski definition) is 5. The van der Waals surface area contributed by atoms with Gasteiger partial charge in [-0.2, -0.15) is 5.10 Å². The summed E-state index contributed by atoms with van der Waals surface area (Å²) in [5.41, 5.74) is 3.75. The summed E-state index contributed by atoms with van der Waals surface area (Å²) in [4.78, 5) is 18.2. The predicted molar refractivity (Wildman–Crippen MR) is 92.7 cm³/mol. The number of nitrogens with zero attached hydrogens (tertiary/aromatic N) is 3. The lowest BCUT2D eigenvalue weighted by molar-refractivity contribution is 0.102. The van der Waals surface area contributed by atoms with Crippen molar-refractivity contribution in [2.75, 3.05) is 12.4 Å². The Labute approximate surface area is 143 Å². The summed E-state index contributed by atoms with van der Waals surface area (Å²) in [6, 6.07) is 7.07. The van der Waals surface area contributed by atoms with Crippen LogP contribution in [0.3, 0.4) is 0 Å². The fourth-order valence-corrected chi connectivity index (χ4v) is 3.88. The van der Waals surface area contributed by atoms with Gasteiger partial charge >= 0.3 is 0 Å². The van der Waals surface area contributed by atoms with E-state index in [-0.39, 0.29) is 5.91 Å². The van der Waals surface area contributed by atoms with E-state index in [9.17, 15) is 4.79 Å². The smallest absolute Gasteiger partial charge is 0.257 e. The van der Waals surface area contributed by atoms with Gasteiger partial charge in [0.1, 0.15) is 5.75 Å². The molecule has 0 unspecified atom stereocenters. The maximum absolute atomic E-state index is 12.4. The summed E-state index contributed by atoms with van der Waals surface area (Å²) in [7, 11) is 3.53. The number of carbonyl (C=O) groups is 1. The van der Waals surface area contributed by atoms with Crippen LogP contribution in [-0.2, 0) is 19.9 Å². The third-order valence-electron chi connectivity index (χ3n) is 4.16. The molecule has 0 atom stereocenters. The number of rotatable bonds is 3. The van der Waals surface area contributed by atoms with Gasteiger partial charge in [0.2, 0.25) is 0 Å². The Morgan fingerprint density at radius 3 is 3.08 bits per heavy atom. The summed E-state index contributed by atoms with van der Waals surface area (Å²) in [5.74, 6) is 0.465. The number of carbonyl (C=O) groups excluding carboxylic acids is 1. The van der Waals surface area contributed by atoms with Crippen LogP contribution in [0.15, 0.2) is 30.5 Å². The summed E-state index contributed by atoms with van der Waals surface area (Å²) in [6.07, 6.45) is 3.72. The lowest BCUT2D eigenvalue weighted by Gasteiger charge is -2.10. The van der Waals surface area contributed by atoms with Crippen molar-refractivity contribution >= 4 is 22.4 Å². The molecule has 2 aromatic heterocycles. The quantitative estimate of drug-likeness (QED) is 0.796. The Balaban J connectivity index is 1.61. The number of methoxy groups -OCH3 is 1. The number of benzene rings is 1. The van der Waals surface area contributed by atoms with Gasteiger partial charge < -0.3 is 4.74 Å². The maximum atomic E-state index is 12.4. The van der Waals surface area contributed by atoms with E-state index in [1.54, 1.807) is 25.3 Å². The number of thiazole rings is 1. The molecule has 1 aromatic carbocycles. The third-order valence-corrected chi connectivity index (χ3v) is 5.19. The molecule has 2 heterocycles. The van der Waals surface area contributed by atoms with Crippen molar-refractivity contribution in [3.05, 3.63) is 46.6 Å². The van der Waals surface area contributed by atoms with Crippen LogP contribution >= 0.6 is 11.3 Å². The SMILES string of the molecule is COc1cccc(C(=O)Nc2nc3c(s2)CCc2c-3cnn2C)c1. The Kier molecular flexibility index (Phi) is 3.57. The second kappa shape index (κ2) is 5.76. The number of fused-ring (bicyclic) bond motifs is 3. The molecule has 24 heavy (non-hydrogen) atoms. The molecule has 0 aliphatic heterocycles. The monoisotopic (exact) mass is 340 g/mol. The molecular weight excluding hydrogens is 324 g/mol. The van der Waals surface area contributed by atoms with Crippen molar-refractivity contribution in [2.24, 2.45) is 7.05 Å². The normalized spacial score (nSPS) is 12.4. The maximum Gasteiger partial charge on any atom is 0.257 e. The highest BCUT2D eigenvalue weighted by atomic mass is 32.1. The van der Waals surface area contributed by atoms with Crippen molar-refractivity contribution in [1.29, 1.82) is 0 Å². The zero-order chi connectivity index (χ0) is 16.7. The molecule has 1 aliphatic carbocycles. The highest BCUT2D eigenvalue weighted by Gasteiger charge is 2.24. The van der Waals surface area contributed by atoms with Gasteiger partial charge in [-0.3, -0.25) is 14.8 Å². The molecule has 7 heteroatoms. The Hall–Kier alpha value is -2.67. The van der Waals surface area contributed by atoms with E-state index in [1.165, 1.54) is 21.9 Å². The average molecular weight is 340 g/mol. The second-order valence-electron chi connectivity index (χ2n) is 5.61. The summed E-state index contributed by atoms with van der Waals surface area (Å²) in [6.45, 7) is 0. The third kappa shape index (κ3) is 2.46. The molecule has 0 saturated heterocycles. The number of aromatic nitrogens is 3. The number of hydrogen-bond donors (Lipinski definition) is 1. The Morgan fingerprint density at radius 1 is 1.38 bits per heavy atom. The minimum absolute atomic E-state index is 0.189. The van der Waals surface area contributed by atoms with Gasteiger partial charge in [-0.05, 0) is 31.0 Å². The van der Waals surface area contributed by atoms with Crippen molar-refractivity contribution in [3.63, 3.8) is 0 Å². The van der Waals surface area contributed by atoms with Crippen LogP contribution in [0.25, 0.3) is 11.3 Å². The highest BCUT2D eigenvalue weighted by molar-refractivity contribution is 7.16. The predicted octanol–water partition coefficient (Wildman–Crippen LogP) is 2.90. The molecule has 1 N–H and O–H groups in total. The van der Waals surface area contributed by atoms with Crippen LogP contribution in [0.4, 0.5) is 5.13 Å². The molecule has 4 rings (SSSR count). The molecular formula is C17H16N4O2S. The first-order valence-electron chi connectivity index (χ1n) is 7.62. The summed E-state index contributed by atoms with van der Waals surface area (Å²) < 4.78 is 7.06. The zero-order valence-electron chi connectivity index (χ0n) is 13.4. The van der Waals surface area contributed by atoms with Crippen LogP contribution in [0, 0.1) is 0 Å². The van der Waals surface area contributed by atoms with Gasteiger partial charge in [-0.25, -0.2) is 4.98 Å². The second-order valence-corrected chi connectivity index (χ2v) is 6.69. The minimum atomic E-state index is -0.189. The number of aryl methyl sites for hydroxylation is 2. The molecule has 0 fully saturated rings. The van der Waals surface area contributed by atoms with Crippen LogP contribution < -0.4 is 10.1 Å². The van der Waals surface area contributed by atoms with Crippen LogP contribution in [0.5, 0.6) is 5.75 Å². The fourth-order valence-electron chi connectivity index (χ4n) is 2.91. The molecule has 0 bridgehead atoms. The largest absolute Gasteiger partial charge is 0.497 e. The molecule has 122 valence electrons. The average Bonchev–Trinajstić information content (AvgIpc) is 3.18. The van der Waals surface area contributed by atoms with Crippen LogP contribution in [0.2, 0.25) is 0 Å². The standard InChI is InChI=1S/C17H16N4O2S/c1-21-13-6-7-14-15(12(13)9-18-21)19-17(24-14)20-16(22)10-4-3-5-11(8-10)23-2/h3-5,8-9H,6-7H2,1-2H3,(H,19,20,22). The Bertz CT molecular complexity index is 929. The lowest BCUT2D eigenvalue weighted by Crippen LogP contribution is -2.11. The minimum Gasteiger partial charge on any atom is -0.497 e. The zero-order valence-corrected chi connectivity index (χ0v) is 14.2. The molecule has 0 saturated carbocycles. The van der Waals surface area contributed by atoms with Gasteiger partial charge in [0.05, 0.1) is 19.0 Å². The molecule has 1 aliphatic rings. The van der Waals surface area contributed by atoms with E-state index in [0.29, 0.717) is 16.4 Å². The van der Waals surface area contributed by atoms with Crippen LogP contribution in [0.1, 0.15) is 20.9 Å². The molecule has 0 spiro atoms. The van der Waals surface area contributed by atoms with Crippen molar-refractivity contribution < 1.29 is 9.53 Å². The van der Waals surface area contributed by atoms with Crippen molar-refractivity contribution in [2.45, 2.75) is 12.8 Å². The first-order chi connectivity index (χ1) is 11.7. The number of nitrogens with one attached hydrogen (secondary N) is 1. The van der Waals surface area contributed by atoms with Crippen LogP contribution in [-0.4, -0.2) is 27.8 Å². The van der Waals surface area contributed by atoms with E-state index >= 15 is 0 Å². The number of anilines is 1. The Morgan fingerprint density at radius 2 is 2.25 bits per heavy atom. The van der Waals surface area contributed by atoms with E-state index in [4.69, 9.17) is 4.74 Å². The van der Waals surface area contributed by atoms with E-state index in [2.05, 4.69) is 15.4 Å². The van der Waals surface area contributed by atoms with Gasteiger partial charge in [0, 0.05) is 28.7 Å². The lowest BCUT2D eigenvalue weighted by atomic mass is 10.0. The first-order valence-corrected chi connectivity index (χ1v) is 8.43. The van der Waals surface area contributed by atoms with E-state index < -0.39 is 0 Å². The number of amides is 1. The van der Waals surface area contributed by atoms with Gasteiger partial charge in [-0.1, -0.05) is 6.07 Å². The topological polar surface area (TPSA) is 69.0 Å². The molecule has 0 radical (unpaired) electrons. The first kappa shape index (κ1) is 14.9. The number of ether oxygens (including phenoxy) is 1. The molecule has 6 nitrogen and oxygen atoms in total. The van der Waals surface area contributed by atoms with Gasteiger partial charge in [0.15, 0.2) is 5.13 Å². The molecule has 3 aromatic rings. The molecule has 1 amide bonds. The fraction of sp³-hybridized carbons (Fsp3) is 0.235. The van der Waals surface area contributed by atoms with Gasteiger partial charge in [0.25, 0.3) is 5.91 Å².